The third-order valence-corrected chi connectivity index (χ3v) is 6.68. The standard InChI is InChI=1S/C27H30N4O3/c1-2-34-22-13-11-19(12-14-22)27(33)30-17-15-20(16-18-30)28-26(32)25-23-9-6-10-24(23)31(29-25)21-7-4-3-5-8-21/h3-5,7-8,11-14,20H,2,6,9-10,15-18H2,1H3,(H,28,32). The molecule has 5 rings (SSSR count). The molecular weight excluding hydrogens is 428 g/mol. The lowest BCUT2D eigenvalue weighted by molar-refractivity contribution is 0.0697. The van der Waals surface area contributed by atoms with Gasteiger partial charge in [-0.05, 0) is 75.4 Å². The van der Waals surface area contributed by atoms with Gasteiger partial charge in [-0.15, -0.1) is 0 Å². The molecule has 2 amide bonds. The van der Waals surface area contributed by atoms with Crippen molar-refractivity contribution in [3.05, 3.63) is 77.1 Å². The molecule has 2 aromatic carbocycles. The summed E-state index contributed by atoms with van der Waals surface area (Å²) < 4.78 is 7.38. The number of carbonyl (C=O) groups excluding carboxylic acids is 2. The lowest BCUT2D eigenvalue weighted by Gasteiger charge is -2.32. The molecule has 1 fully saturated rings. The van der Waals surface area contributed by atoms with Crippen molar-refractivity contribution >= 4 is 11.8 Å². The maximum absolute atomic E-state index is 13.2. The van der Waals surface area contributed by atoms with Crippen LogP contribution in [-0.4, -0.2) is 52.2 Å². The first kappa shape index (κ1) is 22.2. The Kier molecular flexibility index (Phi) is 6.34. The van der Waals surface area contributed by atoms with E-state index in [0.717, 1.165) is 54.8 Å². The zero-order valence-electron chi connectivity index (χ0n) is 19.5. The van der Waals surface area contributed by atoms with Gasteiger partial charge in [-0.3, -0.25) is 9.59 Å². The van der Waals surface area contributed by atoms with E-state index in [1.54, 1.807) is 0 Å². The van der Waals surface area contributed by atoms with Crippen molar-refractivity contribution in [1.29, 1.82) is 0 Å². The predicted molar refractivity (Wildman–Crippen MR) is 130 cm³/mol. The fourth-order valence-corrected chi connectivity index (χ4v) is 4.93. The first-order valence-electron chi connectivity index (χ1n) is 12.1. The lowest BCUT2D eigenvalue weighted by atomic mass is 10.0. The van der Waals surface area contributed by atoms with Crippen LogP contribution in [0.1, 0.15) is 58.3 Å². The molecule has 1 aliphatic heterocycles. The van der Waals surface area contributed by atoms with E-state index < -0.39 is 0 Å². The van der Waals surface area contributed by atoms with Gasteiger partial charge in [0, 0.05) is 36.0 Å². The van der Waals surface area contributed by atoms with E-state index in [2.05, 4.69) is 5.32 Å². The number of para-hydroxylation sites is 1. The van der Waals surface area contributed by atoms with Crippen molar-refractivity contribution in [2.24, 2.45) is 0 Å². The van der Waals surface area contributed by atoms with Crippen LogP contribution in [0, 0.1) is 0 Å². The van der Waals surface area contributed by atoms with Crippen LogP contribution >= 0.6 is 0 Å². The molecule has 0 atom stereocenters. The van der Waals surface area contributed by atoms with Crippen LogP contribution in [0.15, 0.2) is 54.6 Å². The van der Waals surface area contributed by atoms with Crippen molar-refractivity contribution in [3.8, 4) is 11.4 Å². The number of aromatic nitrogens is 2. The fourth-order valence-electron chi connectivity index (χ4n) is 4.93. The maximum Gasteiger partial charge on any atom is 0.272 e. The number of piperidine rings is 1. The zero-order valence-corrected chi connectivity index (χ0v) is 19.5. The van der Waals surface area contributed by atoms with Crippen molar-refractivity contribution in [1.82, 2.24) is 20.0 Å². The van der Waals surface area contributed by atoms with Crippen LogP contribution in [0.3, 0.4) is 0 Å². The minimum Gasteiger partial charge on any atom is -0.494 e. The number of carbonyl (C=O) groups is 2. The number of amides is 2. The molecule has 0 unspecified atom stereocenters. The minimum atomic E-state index is -0.107. The molecule has 0 saturated carbocycles. The highest BCUT2D eigenvalue weighted by Gasteiger charge is 2.30. The van der Waals surface area contributed by atoms with Crippen LogP contribution in [0.4, 0.5) is 0 Å². The van der Waals surface area contributed by atoms with Crippen molar-refractivity contribution < 1.29 is 14.3 Å². The van der Waals surface area contributed by atoms with E-state index in [0.29, 0.717) is 31.0 Å². The van der Waals surface area contributed by atoms with E-state index >= 15 is 0 Å². The Morgan fingerprint density at radius 3 is 2.47 bits per heavy atom. The molecule has 1 saturated heterocycles. The number of hydrogen-bond donors (Lipinski definition) is 1. The van der Waals surface area contributed by atoms with Gasteiger partial charge < -0.3 is 15.0 Å². The van der Waals surface area contributed by atoms with Crippen molar-refractivity contribution in [3.63, 3.8) is 0 Å². The Bertz CT molecular complexity index is 1160. The largest absolute Gasteiger partial charge is 0.494 e. The molecule has 2 heterocycles. The van der Waals surface area contributed by atoms with E-state index in [1.807, 2.05) is 71.1 Å². The number of benzene rings is 2. The number of nitrogens with one attached hydrogen (secondary N) is 1. The Labute approximate surface area is 199 Å². The molecule has 1 aromatic heterocycles. The number of rotatable bonds is 6. The van der Waals surface area contributed by atoms with Gasteiger partial charge in [-0.1, -0.05) is 18.2 Å². The third-order valence-electron chi connectivity index (χ3n) is 6.68. The Morgan fingerprint density at radius 2 is 1.76 bits per heavy atom. The number of likely N-dealkylation sites (tertiary alicyclic amines) is 1. The molecule has 1 N–H and O–H groups in total. The number of fused-ring (bicyclic) bond motifs is 1. The van der Waals surface area contributed by atoms with E-state index in [1.165, 1.54) is 0 Å². The molecule has 7 heteroatoms. The maximum atomic E-state index is 13.2. The van der Waals surface area contributed by atoms with Gasteiger partial charge in [0.2, 0.25) is 0 Å². The van der Waals surface area contributed by atoms with Crippen LogP contribution < -0.4 is 10.1 Å². The van der Waals surface area contributed by atoms with Gasteiger partial charge >= 0.3 is 0 Å². The SMILES string of the molecule is CCOc1ccc(C(=O)N2CCC(NC(=O)c3nn(-c4ccccc4)c4c3CCC4)CC2)cc1. The molecule has 7 nitrogen and oxygen atoms in total. The summed E-state index contributed by atoms with van der Waals surface area (Å²) >= 11 is 0. The van der Waals surface area contributed by atoms with Gasteiger partial charge in [0.15, 0.2) is 5.69 Å². The zero-order chi connectivity index (χ0) is 23.5. The Morgan fingerprint density at radius 1 is 1.03 bits per heavy atom. The van der Waals surface area contributed by atoms with Crippen LogP contribution in [0.25, 0.3) is 5.69 Å². The highest BCUT2D eigenvalue weighted by Crippen LogP contribution is 2.28. The summed E-state index contributed by atoms with van der Waals surface area (Å²) in [5.41, 5.74) is 4.41. The fraction of sp³-hybridized carbons (Fsp3) is 0.370. The topological polar surface area (TPSA) is 76.5 Å². The van der Waals surface area contributed by atoms with Gasteiger partial charge in [0.05, 0.1) is 12.3 Å². The lowest BCUT2D eigenvalue weighted by Crippen LogP contribution is -2.46. The molecule has 176 valence electrons. The van der Waals surface area contributed by atoms with Crippen molar-refractivity contribution in [2.45, 2.75) is 45.1 Å². The molecule has 0 radical (unpaired) electrons. The molecular formula is C27H30N4O3. The summed E-state index contributed by atoms with van der Waals surface area (Å²) in [6.07, 6.45) is 4.34. The quantitative estimate of drug-likeness (QED) is 0.610. The normalized spacial score (nSPS) is 15.7. The summed E-state index contributed by atoms with van der Waals surface area (Å²) in [7, 11) is 0. The first-order valence-corrected chi connectivity index (χ1v) is 12.1. The number of hydrogen-bond acceptors (Lipinski definition) is 4. The van der Waals surface area contributed by atoms with Crippen molar-refractivity contribution in [2.75, 3.05) is 19.7 Å². The van der Waals surface area contributed by atoms with Crippen LogP contribution in [-0.2, 0) is 12.8 Å². The molecule has 34 heavy (non-hydrogen) atoms. The van der Waals surface area contributed by atoms with Gasteiger partial charge in [0.25, 0.3) is 11.8 Å². The summed E-state index contributed by atoms with van der Waals surface area (Å²) in [4.78, 5) is 27.9. The molecule has 0 bridgehead atoms. The van der Waals surface area contributed by atoms with Gasteiger partial charge in [-0.2, -0.15) is 5.10 Å². The first-order chi connectivity index (χ1) is 16.6. The predicted octanol–water partition coefficient (Wildman–Crippen LogP) is 3.79. The van der Waals surface area contributed by atoms with E-state index in [9.17, 15) is 9.59 Å². The molecule has 3 aromatic rings. The monoisotopic (exact) mass is 458 g/mol. The highest BCUT2D eigenvalue weighted by atomic mass is 16.5. The Hall–Kier alpha value is -3.61. The van der Waals surface area contributed by atoms with Gasteiger partial charge in [-0.25, -0.2) is 4.68 Å². The van der Waals surface area contributed by atoms with E-state index in [4.69, 9.17) is 9.84 Å². The van der Waals surface area contributed by atoms with Gasteiger partial charge in [0.1, 0.15) is 5.75 Å². The summed E-state index contributed by atoms with van der Waals surface area (Å²) in [6.45, 7) is 3.77. The molecule has 0 spiro atoms. The molecule has 2 aliphatic rings. The summed E-state index contributed by atoms with van der Waals surface area (Å²) in [5, 5.41) is 7.88. The second-order valence-electron chi connectivity index (χ2n) is 8.87. The summed E-state index contributed by atoms with van der Waals surface area (Å²) in [5.74, 6) is 0.679. The van der Waals surface area contributed by atoms with E-state index in [-0.39, 0.29) is 17.9 Å². The smallest absolute Gasteiger partial charge is 0.272 e. The van der Waals surface area contributed by atoms with Crippen LogP contribution in [0.5, 0.6) is 5.75 Å². The number of nitrogens with zero attached hydrogens (tertiary/aromatic N) is 3. The Balaban J connectivity index is 1.21. The highest BCUT2D eigenvalue weighted by molar-refractivity contribution is 5.95. The minimum absolute atomic E-state index is 0.0206. The average molecular weight is 459 g/mol. The third kappa shape index (κ3) is 4.42. The second-order valence-corrected chi connectivity index (χ2v) is 8.87. The second kappa shape index (κ2) is 9.71. The number of ether oxygens (including phenoxy) is 1. The summed E-state index contributed by atoms with van der Waals surface area (Å²) in [6, 6.07) is 17.3. The average Bonchev–Trinajstić information content (AvgIpc) is 3.48. The molecule has 1 aliphatic carbocycles. The van der Waals surface area contributed by atoms with Crippen LogP contribution in [0.2, 0.25) is 0 Å².